The summed E-state index contributed by atoms with van der Waals surface area (Å²) in [5.74, 6) is -4.80. The van der Waals surface area contributed by atoms with Crippen LogP contribution in [0.25, 0.3) is 0 Å². The predicted octanol–water partition coefficient (Wildman–Crippen LogP) is -1.59. The number of hydrogen-bond donors (Lipinski definition) is 6. The molecule has 3 amide bonds. The number of nitrogens with two attached hydrogens (primary N) is 1. The Labute approximate surface area is 157 Å². The molecule has 0 saturated heterocycles. The summed E-state index contributed by atoms with van der Waals surface area (Å²) in [7, 11) is 0. The standard InChI is InChI=1S/C16H28N4O7/c1-7(2)12(20-13(23)8(3)17)15(25)18-9(4)14(24)19-10(16(26)27)5-6-11(21)22/h7-10,12H,5-6,17H2,1-4H3,(H,18,25)(H,19,24)(H,20,23)(H,21,22)(H,26,27). The Hall–Kier alpha value is -2.69. The molecule has 154 valence electrons. The summed E-state index contributed by atoms with van der Waals surface area (Å²) in [6.45, 7) is 6.20. The van der Waals surface area contributed by atoms with Gasteiger partial charge >= 0.3 is 11.9 Å². The lowest BCUT2D eigenvalue weighted by Crippen LogP contribution is -2.57. The first-order valence-corrected chi connectivity index (χ1v) is 8.48. The number of carbonyl (C=O) groups is 5. The topological polar surface area (TPSA) is 188 Å². The highest BCUT2D eigenvalue weighted by molar-refractivity contribution is 5.94. The van der Waals surface area contributed by atoms with Gasteiger partial charge < -0.3 is 31.9 Å². The zero-order valence-corrected chi connectivity index (χ0v) is 15.8. The van der Waals surface area contributed by atoms with Crippen LogP contribution in [-0.2, 0) is 24.0 Å². The van der Waals surface area contributed by atoms with E-state index in [1.165, 1.54) is 13.8 Å². The molecule has 11 heteroatoms. The van der Waals surface area contributed by atoms with E-state index in [4.69, 9.17) is 15.9 Å². The molecule has 0 aliphatic heterocycles. The highest BCUT2D eigenvalue weighted by Crippen LogP contribution is 2.04. The first kappa shape index (κ1) is 24.3. The van der Waals surface area contributed by atoms with Gasteiger partial charge in [0.05, 0.1) is 6.04 Å². The fraction of sp³-hybridized carbons (Fsp3) is 0.688. The maximum atomic E-state index is 12.4. The van der Waals surface area contributed by atoms with Gasteiger partial charge in [-0.25, -0.2) is 4.79 Å². The normalized spacial score (nSPS) is 15.2. The molecule has 4 unspecified atom stereocenters. The average molecular weight is 388 g/mol. The molecule has 0 aromatic heterocycles. The summed E-state index contributed by atoms with van der Waals surface area (Å²) >= 11 is 0. The lowest BCUT2D eigenvalue weighted by atomic mass is 10.0. The molecular formula is C16H28N4O7. The third-order valence-electron chi connectivity index (χ3n) is 3.67. The van der Waals surface area contributed by atoms with E-state index in [1.54, 1.807) is 13.8 Å². The van der Waals surface area contributed by atoms with Crippen molar-refractivity contribution in [1.82, 2.24) is 16.0 Å². The van der Waals surface area contributed by atoms with Crippen molar-refractivity contribution in [3.8, 4) is 0 Å². The zero-order valence-electron chi connectivity index (χ0n) is 15.8. The molecule has 0 saturated carbocycles. The Kier molecular flexibility index (Phi) is 10.0. The Balaban J connectivity index is 4.90. The minimum atomic E-state index is -1.40. The Morgan fingerprint density at radius 1 is 0.852 bits per heavy atom. The van der Waals surface area contributed by atoms with Crippen LogP contribution >= 0.6 is 0 Å². The molecule has 7 N–H and O–H groups in total. The van der Waals surface area contributed by atoms with Gasteiger partial charge in [-0.05, 0) is 26.2 Å². The molecule has 0 spiro atoms. The second-order valence-corrected chi connectivity index (χ2v) is 6.58. The fourth-order valence-corrected chi connectivity index (χ4v) is 2.01. The van der Waals surface area contributed by atoms with Gasteiger partial charge in [-0.15, -0.1) is 0 Å². The summed E-state index contributed by atoms with van der Waals surface area (Å²) in [6.07, 6.45) is -0.729. The number of aliphatic carboxylic acids is 2. The Morgan fingerprint density at radius 2 is 1.41 bits per heavy atom. The molecule has 0 radical (unpaired) electrons. The van der Waals surface area contributed by atoms with Crippen LogP contribution < -0.4 is 21.7 Å². The van der Waals surface area contributed by atoms with Crippen molar-refractivity contribution in [3.63, 3.8) is 0 Å². The Bertz CT molecular complexity index is 577. The minimum Gasteiger partial charge on any atom is -0.481 e. The number of amides is 3. The van der Waals surface area contributed by atoms with E-state index in [9.17, 15) is 24.0 Å². The van der Waals surface area contributed by atoms with E-state index in [0.29, 0.717) is 0 Å². The lowest BCUT2D eigenvalue weighted by Gasteiger charge is -2.25. The third kappa shape index (κ3) is 8.99. The highest BCUT2D eigenvalue weighted by atomic mass is 16.4. The number of rotatable bonds is 11. The number of carboxylic acid groups (broad SMARTS) is 2. The van der Waals surface area contributed by atoms with E-state index in [2.05, 4.69) is 16.0 Å². The van der Waals surface area contributed by atoms with Crippen LogP contribution in [0.4, 0.5) is 0 Å². The minimum absolute atomic E-state index is 0.287. The smallest absolute Gasteiger partial charge is 0.326 e. The van der Waals surface area contributed by atoms with Gasteiger partial charge in [0.2, 0.25) is 17.7 Å². The van der Waals surface area contributed by atoms with Crippen molar-refractivity contribution < 1.29 is 34.2 Å². The number of hydrogen-bond acceptors (Lipinski definition) is 6. The molecule has 11 nitrogen and oxygen atoms in total. The summed E-state index contributed by atoms with van der Waals surface area (Å²) in [5, 5.41) is 24.7. The van der Waals surface area contributed by atoms with Gasteiger partial charge in [0.15, 0.2) is 0 Å². The molecule has 0 heterocycles. The molecule has 0 aromatic carbocycles. The van der Waals surface area contributed by atoms with Crippen molar-refractivity contribution >= 4 is 29.7 Å². The summed E-state index contributed by atoms with van der Waals surface area (Å²) in [4.78, 5) is 57.9. The van der Waals surface area contributed by atoms with Gasteiger partial charge in [-0.1, -0.05) is 13.8 Å². The van der Waals surface area contributed by atoms with Gasteiger partial charge in [-0.3, -0.25) is 19.2 Å². The van der Waals surface area contributed by atoms with Crippen LogP contribution in [-0.4, -0.2) is 64.0 Å². The zero-order chi connectivity index (χ0) is 21.3. The summed E-state index contributed by atoms with van der Waals surface area (Å²) in [5.41, 5.74) is 5.46. The Morgan fingerprint density at radius 3 is 1.81 bits per heavy atom. The molecule has 4 atom stereocenters. The largest absolute Gasteiger partial charge is 0.481 e. The van der Waals surface area contributed by atoms with Gasteiger partial charge in [0.1, 0.15) is 18.1 Å². The highest BCUT2D eigenvalue weighted by Gasteiger charge is 2.29. The van der Waals surface area contributed by atoms with Gasteiger partial charge in [0.25, 0.3) is 0 Å². The van der Waals surface area contributed by atoms with Crippen LogP contribution in [0.2, 0.25) is 0 Å². The van der Waals surface area contributed by atoms with Crippen LogP contribution in [0.15, 0.2) is 0 Å². The average Bonchev–Trinajstić information content (AvgIpc) is 2.54. The fourth-order valence-electron chi connectivity index (χ4n) is 2.01. The van der Waals surface area contributed by atoms with Crippen LogP contribution in [0.1, 0.15) is 40.5 Å². The van der Waals surface area contributed by atoms with E-state index in [-0.39, 0.29) is 12.3 Å². The SMILES string of the molecule is CC(N)C(=O)NC(C(=O)NC(C)C(=O)NC(CCC(=O)O)C(=O)O)C(C)C. The van der Waals surface area contributed by atoms with E-state index < -0.39 is 60.2 Å². The van der Waals surface area contributed by atoms with Gasteiger partial charge in [-0.2, -0.15) is 0 Å². The monoisotopic (exact) mass is 388 g/mol. The van der Waals surface area contributed by atoms with Gasteiger partial charge in [0, 0.05) is 6.42 Å². The molecule has 0 fully saturated rings. The van der Waals surface area contributed by atoms with E-state index in [0.717, 1.165) is 0 Å². The molecule has 0 rings (SSSR count). The van der Waals surface area contributed by atoms with Crippen LogP contribution in [0.3, 0.4) is 0 Å². The summed E-state index contributed by atoms with van der Waals surface area (Å²) < 4.78 is 0. The maximum absolute atomic E-state index is 12.4. The number of nitrogens with one attached hydrogen (secondary N) is 3. The van der Waals surface area contributed by atoms with Crippen molar-refractivity contribution in [2.45, 2.75) is 64.7 Å². The molecule has 0 aromatic rings. The number of carboxylic acids is 2. The van der Waals surface area contributed by atoms with E-state index in [1.807, 2.05) is 0 Å². The lowest BCUT2D eigenvalue weighted by molar-refractivity contribution is -0.143. The quantitative estimate of drug-likeness (QED) is 0.244. The summed E-state index contributed by atoms with van der Waals surface area (Å²) in [6, 6.07) is -4.24. The van der Waals surface area contributed by atoms with E-state index >= 15 is 0 Å². The molecule has 27 heavy (non-hydrogen) atoms. The second kappa shape index (κ2) is 11.1. The second-order valence-electron chi connectivity index (χ2n) is 6.58. The van der Waals surface area contributed by atoms with Crippen LogP contribution in [0.5, 0.6) is 0 Å². The van der Waals surface area contributed by atoms with Crippen molar-refractivity contribution in [1.29, 1.82) is 0 Å². The number of carbonyl (C=O) groups excluding carboxylic acids is 3. The first-order chi connectivity index (χ1) is 12.4. The molecular weight excluding hydrogens is 360 g/mol. The third-order valence-corrected chi connectivity index (χ3v) is 3.67. The molecule has 0 bridgehead atoms. The first-order valence-electron chi connectivity index (χ1n) is 8.48. The van der Waals surface area contributed by atoms with Crippen molar-refractivity contribution in [2.24, 2.45) is 11.7 Å². The predicted molar refractivity (Wildman–Crippen MR) is 94.5 cm³/mol. The molecule has 0 aliphatic carbocycles. The van der Waals surface area contributed by atoms with Crippen molar-refractivity contribution in [3.05, 3.63) is 0 Å². The maximum Gasteiger partial charge on any atom is 0.326 e. The molecule has 0 aliphatic rings. The van der Waals surface area contributed by atoms with Crippen LogP contribution in [0, 0.1) is 5.92 Å². The van der Waals surface area contributed by atoms with Crippen molar-refractivity contribution in [2.75, 3.05) is 0 Å².